The van der Waals surface area contributed by atoms with Gasteiger partial charge >= 0.3 is 0 Å². The summed E-state index contributed by atoms with van der Waals surface area (Å²) in [5.41, 5.74) is 1.16. The largest absolute Gasteiger partial charge is 0.353 e. The molecule has 4 heteroatoms. The topological polar surface area (TPSA) is 41.1 Å². The van der Waals surface area contributed by atoms with Crippen LogP contribution in [0, 0.1) is 5.92 Å². The average Bonchev–Trinajstić information content (AvgIpc) is 2.39. The van der Waals surface area contributed by atoms with Gasteiger partial charge in [-0.1, -0.05) is 23.7 Å². The van der Waals surface area contributed by atoms with Crippen molar-refractivity contribution in [2.45, 2.75) is 38.6 Å². The molecule has 0 spiro atoms. The van der Waals surface area contributed by atoms with Crippen molar-refractivity contribution in [2.75, 3.05) is 13.1 Å². The predicted octanol–water partition coefficient (Wildman–Crippen LogP) is 2.78. The van der Waals surface area contributed by atoms with Crippen LogP contribution >= 0.6 is 11.6 Å². The van der Waals surface area contributed by atoms with E-state index in [0.717, 1.165) is 42.9 Å². The Morgan fingerprint density at radius 3 is 2.90 bits per heavy atom. The number of carbonyl (C=O) groups excluding carboxylic acids is 1. The van der Waals surface area contributed by atoms with Crippen molar-refractivity contribution in [2.24, 2.45) is 5.92 Å². The average molecular weight is 295 g/mol. The molecular weight excluding hydrogens is 272 g/mol. The van der Waals surface area contributed by atoms with Gasteiger partial charge in [-0.15, -0.1) is 0 Å². The number of amides is 1. The highest BCUT2D eigenvalue weighted by Crippen LogP contribution is 2.16. The summed E-state index contributed by atoms with van der Waals surface area (Å²) in [5.74, 6) is 0.709. The van der Waals surface area contributed by atoms with Crippen LogP contribution in [0.3, 0.4) is 0 Å². The van der Waals surface area contributed by atoms with Crippen molar-refractivity contribution >= 4 is 17.5 Å². The Bertz CT molecular complexity index is 444. The molecule has 1 saturated heterocycles. The molecule has 0 aliphatic carbocycles. The van der Waals surface area contributed by atoms with E-state index in [4.69, 9.17) is 11.6 Å². The second kappa shape index (κ2) is 7.65. The zero-order valence-corrected chi connectivity index (χ0v) is 12.7. The van der Waals surface area contributed by atoms with Gasteiger partial charge in [0.1, 0.15) is 0 Å². The fraction of sp³-hybridized carbons (Fsp3) is 0.562. The van der Waals surface area contributed by atoms with Crippen LogP contribution in [0.1, 0.15) is 31.7 Å². The fourth-order valence-electron chi connectivity index (χ4n) is 2.75. The first-order valence-corrected chi connectivity index (χ1v) is 7.76. The number of hydrogen-bond acceptors (Lipinski definition) is 2. The van der Waals surface area contributed by atoms with Crippen LogP contribution in [0.15, 0.2) is 24.3 Å². The van der Waals surface area contributed by atoms with Crippen LogP contribution in [-0.2, 0) is 11.2 Å². The second-order valence-electron chi connectivity index (χ2n) is 5.70. The Labute approximate surface area is 126 Å². The Balaban J connectivity index is 1.75. The van der Waals surface area contributed by atoms with E-state index < -0.39 is 0 Å². The minimum absolute atomic E-state index is 0.141. The number of nitrogens with one attached hydrogen (secondary N) is 2. The van der Waals surface area contributed by atoms with Gasteiger partial charge in [0, 0.05) is 17.5 Å². The van der Waals surface area contributed by atoms with Crippen molar-refractivity contribution in [3.8, 4) is 0 Å². The third kappa shape index (κ3) is 5.14. The van der Waals surface area contributed by atoms with Gasteiger partial charge in [0.25, 0.3) is 0 Å². The van der Waals surface area contributed by atoms with Crippen molar-refractivity contribution in [1.29, 1.82) is 0 Å². The first-order chi connectivity index (χ1) is 9.63. The van der Waals surface area contributed by atoms with Gasteiger partial charge in [0.15, 0.2) is 0 Å². The summed E-state index contributed by atoms with van der Waals surface area (Å²) in [7, 11) is 0. The fourth-order valence-corrected chi connectivity index (χ4v) is 2.96. The molecule has 1 heterocycles. The molecule has 0 saturated carbocycles. The maximum atomic E-state index is 12.0. The lowest BCUT2D eigenvalue weighted by molar-refractivity contribution is -0.122. The lowest BCUT2D eigenvalue weighted by Crippen LogP contribution is -2.37. The lowest BCUT2D eigenvalue weighted by Gasteiger charge is -2.23. The standard InChI is InChI=1S/C16H23ClN2O/c1-12(9-14-3-2-4-15(17)10-14)19-16(20)11-13-5-7-18-8-6-13/h2-4,10,12-13,18H,5-9,11H2,1H3,(H,19,20). The Morgan fingerprint density at radius 1 is 1.45 bits per heavy atom. The number of rotatable bonds is 5. The van der Waals surface area contributed by atoms with E-state index in [0.29, 0.717) is 12.3 Å². The minimum atomic E-state index is 0.141. The molecule has 1 unspecified atom stereocenters. The van der Waals surface area contributed by atoms with Gasteiger partial charge in [-0.25, -0.2) is 0 Å². The number of carbonyl (C=O) groups is 1. The van der Waals surface area contributed by atoms with Crippen molar-refractivity contribution < 1.29 is 4.79 Å². The molecule has 1 aliphatic heterocycles. The maximum absolute atomic E-state index is 12.0. The van der Waals surface area contributed by atoms with Crippen LogP contribution in [-0.4, -0.2) is 25.0 Å². The van der Waals surface area contributed by atoms with E-state index in [1.54, 1.807) is 0 Å². The van der Waals surface area contributed by atoms with Crippen molar-refractivity contribution in [3.05, 3.63) is 34.9 Å². The summed E-state index contributed by atoms with van der Waals surface area (Å²) in [4.78, 5) is 12.0. The predicted molar refractivity (Wildman–Crippen MR) is 83.0 cm³/mol. The van der Waals surface area contributed by atoms with Crippen LogP contribution in [0.25, 0.3) is 0 Å². The molecule has 0 aromatic heterocycles. The van der Waals surface area contributed by atoms with Crippen molar-refractivity contribution in [1.82, 2.24) is 10.6 Å². The summed E-state index contributed by atoms with van der Waals surface area (Å²) in [6, 6.07) is 7.95. The zero-order chi connectivity index (χ0) is 14.4. The quantitative estimate of drug-likeness (QED) is 0.877. The summed E-state index contributed by atoms with van der Waals surface area (Å²) in [5, 5.41) is 7.16. The van der Waals surface area contributed by atoms with Crippen LogP contribution < -0.4 is 10.6 Å². The third-order valence-electron chi connectivity index (χ3n) is 3.77. The monoisotopic (exact) mass is 294 g/mol. The molecule has 110 valence electrons. The summed E-state index contributed by atoms with van der Waals surface area (Å²) < 4.78 is 0. The Hall–Kier alpha value is -1.06. The number of hydrogen-bond donors (Lipinski definition) is 2. The zero-order valence-electron chi connectivity index (χ0n) is 12.0. The van der Waals surface area contributed by atoms with Crippen LogP contribution in [0.5, 0.6) is 0 Å². The first kappa shape index (κ1) is 15.3. The summed E-state index contributed by atoms with van der Waals surface area (Å²) in [6.07, 6.45) is 3.69. The lowest BCUT2D eigenvalue weighted by atomic mass is 9.94. The number of benzene rings is 1. The molecule has 3 nitrogen and oxygen atoms in total. The van der Waals surface area contributed by atoms with Gasteiger partial charge < -0.3 is 10.6 Å². The Morgan fingerprint density at radius 2 is 2.20 bits per heavy atom. The molecule has 0 bridgehead atoms. The molecule has 1 aliphatic rings. The number of halogens is 1. The molecule has 1 aromatic carbocycles. The Kier molecular flexibility index (Phi) is 5.86. The third-order valence-corrected chi connectivity index (χ3v) is 4.01. The molecule has 0 radical (unpaired) electrons. The van der Waals surface area contributed by atoms with E-state index in [-0.39, 0.29) is 11.9 Å². The summed E-state index contributed by atoms with van der Waals surface area (Å²) in [6.45, 7) is 4.12. The highest BCUT2D eigenvalue weighted by Gasteiger charge is 2.17. The maximum Gasteiger partial charge on any atom is 0.220 e. The second-order valence-corrected chi connectivity index (χ2v) is 6.14. The normalized spacial score (nSPS) is 17.7. The van der Waals surface area contributed by atoms with E-state index in [1.165, 1.54) is 0 Å². The van der Waals surface area contributed by atoms with Gasteiger partial charge in [0.2, 0.25) is 5.91 Å². The SMILES string of the molecule is CC(Cc1cccc(Cl)c1)NC(=O)CC1CCNCC1. The van der Waals surface area contributed by atoms with E-state index in [1.807, 2.05) is 31.2 Å². The molecule has 1 amide bonds. The summed E-state index contributed by atoms with van der Waals surface area (Å²) >= 11 is 5.97. The first-order valence-electron chi connectivity index (χ1n) is 7.38. The van der Waals surface area contributed by atoms with E-state index >= 15 is 0 Å². The number of piperidine rings is 1. The molecule has 20 heavy (non-hydrogen) atoms. The van der Waals surface area contributed by atoms with Gasteiger partial charge in [-0.2, -0.15) is 0 Å². The van der Waals surface area contributed by atoms with E-state index in [9.17, 15) is 4.79 Å². The van der Waals surface area contributed by atoms with Gasteiger partial charge in [0.05, 0.1) is 0 Å². The highest BCUT2D eigenvalue weighted by molar-refractivity contribution is 6.30. The molecular formula is C16H23ClN2O. The molecule has 2 rings (SSSR count). The van der Waals surface area contributed by atoms with Gasteiger partial charge in [-0.05, 0) is 62.9 Å². The molecule has 1 aromatic rings. The van der Waals surface area contributed by atoms with Crippen LogP contribution in [0.4, 0.5) is 0 Å². The smallest absolute Gasteiger partial charge is 0.220 e. The van der Waals surface area contributed by atoms with Crippen molar-refractivity contribution in [3.63, 3.8) is 0 Å². The highest BCUT2D eigenvalue weighted by atomic mass is 35.5. The minimum Gasteiger partial charge on any atom is -0.353 e. The van der Waals surface area contributed by atoms with Crippen LogP contribution in [0.2, 0.25) is 5.02 Å². The molecule has 1 atom stereocenters. The van der Waals surface area contributed by atoms with Gasteiger partial charge in [-0.3, -0.25) is 4.79 Å². The molecule has 2 N–H and O–H groups in total. The molecule has 1 fully saturated rings. The van der Waals surface area contributed by atoms with E-state index in [2.05, 4.69) is 10.6 Å².